The van der Waals surface area contributed by atoms with Gasteiger partial charge in [0.2, 0.25) is 0 Å². The van der Waals surface area contributed by atoms with Crippen molar-refractivity contribution in [3.8, 4) is 11.5 Å². The quantitative estimate of drug-likeness (QED) is 0.604. The van der Waals surface area contributed by atoms with Crippen LogP contribution >= 0.6 is 0 Å². The molecule has 30 heavy (non-hydrogen) atoms. The van der Waals surface area contributed by atoms with Crippen LogP contribution in [0.4, 0.5) is 4.39 Å². The number of hydrogen-bond acceptors (Lipinski definition) is 4. The fourth-order valence-electron chi connectivity index (χ4n) is 3.40. The summed E-state index contributed by atoms with van der Waals surface area (Å²) in [6.07, 6.45) is 0.571. The first-order chi connectivity index (χ1) is 14.7. The van der Waals surface area contributed by atoms with Crippen LogP contribution in [0, 0.1) is 5.82 Å². The van der Waals surface area contributed by atoms with E-state index in [4.69, 9.17) is 9.47 Å². The summed E-state index contributed by atoms with van der Waals surface area (Å²) in [5, 5.41) is 6.02. The van der Waals surface area contributed by atoms with Gasteiger partial charge < -0.3 is 9.47 Å². The first-order valence-corrected chi connectivity index (χ1v) is 9.62. The Morgan fingerprint density at radius 2 is 1.73 bits per heavy atom. The zero-order valence-corrected chi connectivity index (χ0v) is 16.5. The third-order valence-electron chi connectivity index (χ3n) is 4.96. The van der Waals surface area contributed by atoms with Crippen molar-refractivity contribution in [1.29, 1.82) is 0 Å². The number of methoxy groups -OCH3 is 1. The van der Waals surface area contributed by atoms with Gasteiger partial charge in [-0.1, -0.05) is 54.6 Å². The second kappa shape index (κ2) is 8.78. The van der Waals surface area contributed by atoms with Crippen LogP contribution in [0.5, 0.6) is 11.5 Å². The van der Waals surface area contributed by atoms with Crippen LogP contribution in [0.1, 0.15) is 23.6 Å². The van der Waals surface area contributed by atoms with E-state index in [0.717, 1.165) is 22.6 Å². The summed E-state index contributed by atoms with van der Waals surface area (Å²) in [6.45, 7) is -0.306. The Morgan fingerprint density at radius 3 is 2.43 bits per heavy atom. The van der Waals surface area contributed by atoms with Gasteiger partial charge in [0, 0.05) is 6.42 Å². The van der Waals surface area contributed by atoms with Crippen molar-refractivity contribution in [2.24, 2.45) is 5.10 Å². The maximum Gasteiger partial charge on any atom is 0.281 e. The fourth-order valence-corrected chi connectivity index (χ4v) is 3.40. The van der Waals surface area contributed by atoms with Crippen molar-refractivity contribution in [1.82, 2.24) is 5.01 Å². The Bertz CT molecular complexity index is 1050. The van der Waals surface area contributed by atoms with Gasteiger partial charge in [-0.2, -0.15) is 5.10 Å². The zero-order chi connectivity index (χ0) is 20.9. The molecule has 1 atom stereocenters. The molecule has 0 spiro atoms. The lowest BCUT2D eigenvalue weighted by atomic mass is 9.98. The van der Waals surface area contributed by atoms with Crippen LogP contribution in [0.25, 0.3) is 0 Å². The highest BCUT2D eigenvalue weighted by Gasteiger charge is 2.33. The van der Waals surface area contributed by atoms with E-state index in [1.165, 1.54) is 17.1 Å². The average molecular weight is 404 g/mol. The largest absolute Gasteiger partial charge is 0.497 e. The molecule has 0 saturated heterocycles. The number of carbonyl (C=O) groups excluding carboxylic acids is 1. The summed E-state index contributed by atoms with van der Waals surface area (Å²) < 4.78 is 24.5. The third-order valence-corrected chi connectivity index (χ3v) is 4.96. The molecule has 1 aliphatic rings. The molecule has 0 fully saturated rings. The molecular formula is C24H21FN2O3. The van der Waals surface area contributed by atoms with Gasteiger partial charge in [0.1, 0.15) is 5.75 Å². The van der Waals surface area contributed by atoms with E-state index >= 15 is 0 Å². The second-order valence-corrected chi connectivity index (χ2v) is 6.86. The third kappa shape index (κ3) is 4.17. The predicted octanol–water partition coefficient (Wildman–Crippen LogP) is 4.59. The minimum atomic E-state index is -0.507. The lowest BCUT2D eigenvalue weighted by molar-refractivity contribution is -0.135. The SMILES string of the molecule is COc1ccc([C@@H]2CC(c3ccccc3)=NN2C(=O)COc2ccccc2F)cc1. The highest BCUT2D eigenvalue weighted by atomic mass is 19.1. The van der Waals surface area contributed by atoms with Crippen molar-refractivity contribution < 1.29 is 18.7 Å². The number of amides is 1. The van der Waals surface area contributed by atoms with Gasteiger partial charge in [-0.25, -0.2) is 9.40 Å². The van der Waals surface area contributed by atoms with Crippen molar-refractivity contribution >= 4 is 11.6 Å². The summed E-state index contributed by atoms with van der Waals surface area (Å²) in [7, 11) is 1.61. The molecule has 0 saturated carbocycles. The Labute approximate surface area is 174 Å². The highest BCUT2D eigenvalue weighted by Crippen LogP contribution is 2.33. The van der Waals surface area contributed by atoms with Gasteiger partial charge in [0.25, 0.3) is 5.91 Å². The van der Waals surface area contributed by atoms with Crippen LogP contribution in [0.3, 0.4) is 0 Å². The Kier molecular flexibility index (Phi) is 5.75. The number of benzene rings is 3. The number of halogens is 1. The van der Waals surface area contributed by atoms with Crippen LogP contribution < -0.4 is 9.47 Å². The molecule has 0 unspecified atom stereocenters. The topological polar surface area (TPSA) is 51.1 Å². The van der Waals surface area contributed by atoms with Crippen molar-refractivity contribution in [3.05, 3.63) is 95.8 Å². The minimum Gasteiger partial charge on any atom is -0.497 e. The number of nitrogens with zero attached hydrogens (tertiary/aromatic N) is 2. The smallest absolute Gasteiger partial charge is 0.281 e. The molecule has 1 aliphatic heterocycles. The standard InChI is InChI=1S/C24H21FN2O3/c1-29-19-13-11-18(12-14-19)22-15-21(17-7-3-2-4-8-17)26-27(22)24(28)16-30-23-10-6-5-9-20(23)25/h2-14,22H,15-16H2,1H3/t22-/m0/s1. The van der Waals surface area contributed by atoms with E-state index < -0.39 is 5.82 Å². The van der Waals surface area contributed by atoms with Gasteiger partial charge in [-0.05, 0) is 35.4 Å². The molecule has 0 aromatic heterocycles. The summed E-state index contributed by atoms with van der Waals surface area (Å²) in [5.41, 5.74) is 2.71. The van der Waals surface area contributed by atoms with Gasteiger partial charge in [0.15, 0.2) is 18.2 Å². The van der Waals surface area contributed by atoms with Crippen molar-refractivity contribution in [3.63, 3.8) is 0 Å². The van der Waals surface area contributed by atoms with Gasteiger partial charge in [-0.15, -0.1) is 0 Å². The molecule has 5 nitrogen and oxygen atoms in total. The van der Waals surface area contributed by atoms with E-state index in [-0.39, 0.29) is 24.3 Å². The molecule has 6 heteroatoms. The average Bonchev–Trinajstić information content (AvgIpc) is 3.25. The van der Waals surface area contributed by atoms with Gasteiger partial charge >= 0.3 is 0 Å². The summed E-state index contributed by atoms with van der Waals surface area (Å²) in [5.74, 6) is -0.0723. The minimum absolute atomic E-state index is 0.0401. The lowest BCUT2D eigenvalue weighted by Crippen LogP contribution is -2.31. The molecule has 1 heterocycles. The highest BCUT2D eigenvalue weighted by molar-refractivity contribution is 6.03. The van der Waals surface area contributed by atoms with E-state index in [2.05, 4.69) is 5.10 Å². The van der Waals surface area contributed by atoms with Crippen LogP contribution in [0.15, 0.2) is 84.0 Å². The van der Waals surface area contributed by atoms with Crippen LogP contribution in [0.2, 0.25) is 0 Å². The molecule has 3 aromatic carbocycles. The zero-order valence-electron chi connectivity index (χ0n) is 16.5. The van der Waals surface area contributed by atoms with Crippen LogP contribution in [-0.2, 0) is 4.79 Å². The first kappa shape index (κ1) is 19.6. The molecule has 0 bridgehead atoms. The normalized spacial score (nSPS) is 15.6. The van der Waals surface area contributed by atoms with E-state index in [9.17, 15) is 9.18 Å². The second-order valence-electron chi connectivity index (χ2n) is 6.86. The maximum atomic E-state index is 13.8. The predicted molar refractivity (Wildman–Crippen MR) is 112 cm³/mol. The molecule has 0 aliphatic carbocycles. The van der Waals surface area contributed by atoms with E-state index in [1.54, 1.807) is 19.2 Å². The molecule has 1 amide bonds. The first-order valence-electron chi connectivity index (χ1n) is 9.62. The monoisotopic (exact) mass is 404 g/mol. The number of para-hydroxylation sites is 1. The number of hydrazone groups is 1. The fraction of sp³-hybridized carbons (Fsp3) is 0.167. The molecule has 3 aromatic rings. The van der Waals surface area contributed by atoms with E-state index in [1.807, 2.05) is 54.6 Å². The molecule has 152 valence electrons. The lowest BCUT2D eigenvalue weighted by Gasteiger charge is -2.22. The molecular weight excluding hydrogens is 383 g/mol. The Hall–Kier alpha value is -3.67. The summed E-state index contributed by atoms with van der Waals surface area (Å²) >= 11 is 0. The Morgan fingerprint density at radius 1 is 1.03 bits per heavy atom. The Balaban J connectivity index is 1.58. The van der Waals surface area contributed by atoms with Crippen molar-refractivity contribution in [2.75, 3.05) is 13.7 Å². The van der Waals surface area contributed by atoms with Gasteiger partial charge in [-0.3, -0.25) is 4.79 Å². The summed E-state index contributed by atoms with van der Waals surface area (Å²) in [6, 6.07) is 23.0. The van der Waals surface area contributed by atoms with Crippen LogP contribution in [-0.4, -0.2) is 30.3 Å². The molecule has 0 radical (unpaired) electrons. The van der Waals surface area contributed by atoms with Gasteiger partial charge in [0.05, 0.1) is 18.9 Å². The molecule has 4 rings (SSSR count). The number of hydrogen-bond donors (Lipinski definition) is 0. The number of rotatable bonds is 6. The number of carbonyl (C=O) groups is 1. The van der Waals surface area contributed by atoms with E-state index in [0.29, 0.717) is 6.42 Å². The number of ether oxygens (including phenoxy) is 2. The van der Waals surface area contributed by atoms with Crippen molar-refractivity contribution in [2.45, 2.75) is 12.5 Å². The molecule has 0 N–H and O–H groups in total. The summed E-state index contributed by atoms with van der Waals surface area (Å²) in [4.78, 5) is 13.0. The maximum absolute atomic E-state index is 13.8.